The minimum atomic E-state index is 0.0881. The quantitative estimate of drug-likeness (QED) is 0.342. The molecule has 0 aromatic heterocycles. The molecule has 0 saturated heterocycles. The number of nitrogens with two attached hydrogens (primary N) is 1. The van der Waals surface area contributed by atoms with Crippen molar-refractivity contribution < 1.29 is 4.79 Å². The third-order valence-corrected chi connectivity index (χ3v) is 5.43. The lowest BCUT2D eigenvalue weighted by molar-refractivity contribution is -0.134. The molecule has 0 radical (unpaired) electrons. The molecule has 0 aromatic carbocycles. The summed E-state index contributed by atoms with van der Waals surface area (Å²) in [5.41, 5.74) is 7.00. The monoisotopic (exact) mass is 429 g/mol. The van der Waals surface area contributed by atoms with Crippen LogP contribution < -0.4 is 11.1 Å². The first-order valence-corrected chi connectivity index (χ1v) is 12.4. The average molecular weight is 430 g/mol. The van der Waals surface area contributed by atoms with Crippen molar-refractivity contribution in [3.05, 3.63) is 36.2 Å². The molecular weight excluding hydrogens is 382 g/mol. The average Bonchev–Trinajstić information content (AvgIpc) is 3.65. The Balaban J connectivity index is 0.000000831. The van der Waals surface area contributed by atoms with Crippen LogP contribution in [0.2, 0.25) is 0 Å². The van der Waals surface area contributed by atoms with Gasteiger partial charge in [-0.25, -0.2) is 0 Å². The fourth-order valence-corrected chi connectivity index (χ4v) is 3.46. The van der Waals surface area contributed by atoms with Crippen LogP contribution in [0.4, 0.5) is 0 Å². The van der Waals surface area contributed by atoms with Crippen molar-refractivity contribution in [2.75, 3.05) is 19.6 Å². The molecule has 1 amide bonds. The number of carbonyl (C=O) groups excluding carboxylic acids is 1. The Bertz CT molecular complexity index is 590. The van der Waals surface area contributed by atoms with Crippen LogP contribution in [-0.4, -0.2) is 30.4 Å². The molecule has 2 aliphatic carbocycles. The first-order chi connectivity index (χ1) is 15.1. The van der Waals surface area contributed by atoms with E-state index in [1.807, 2.05) is 13.8 Å². The van der Waals surface area contributed by atoms with Gasteiger partial charge < -0.3 is 16.0 Å². The molecule has 2 rings (SSSR count). The molecule has 0 unspecified atom stereocenters. The highest BCUT2D eigenvalue weighted by Crippen LogP contribution is 2.28. The Morgan fingerprint density at radius 2 is 1.84 bits per heavy atom. The van der Waals surface area contributed by atoms with Gasteiger partial charge in [0.2, 0.25) is 5.91 Å². The zero-order valence-electron chi connectivity index (χ0n) is 20.6. The number of allylic oxidation sites excluding steroid dienone is 4. The van der Waals surface area contributed by atoms with E-state index in [1.54, 1.807) is 23.1 Å². The highest BCUT2D eigenvalue weighted by atomic mass is 16.2. The van der Waals surface area contributed by atoms with E-state index in [-0.39, 0.29) is 11.8 Å². The Kier molecular flexibility index (Phi) is 17.5. The Morgan fingerprint density at radius 1 is 1.19 bits per heavy atom. The molecule has 4 nitrogen and oxygen atoms in total. The molecular formula is C27H47N3O. The van der Waals surface area contributed by atoms with E-state index in [0.717, 1.165) is 51.0 Å². The van der Waals surface area contributed by atoms with E-state index >= 15 is 0 Å². The van der Waals surface area contributed by atoms with E-state index in [4.69, 9.17) is 12.2 Å². The summed E-state index contributed by atoms with van der Waals surface area (Å²) in [6.45, 7) is 14.9. The van der Waals surface area contributed by atoms with Gasteiger partial charge in [0.25, 0.3) is 0 Å². The van der Waals surface area contributed by atoms with Crippen LogP contribution in [0.5, 0.6) is 0 Å². The molecule has 2 aliphatic rings. The standard InChI is InChI=1S/C19H28N2O.C6H13N.C2H6/c1-4-7-14-17(20)18(6-3)21(15-8-5-2)19(22)16-12-10-9-11-13-16;1-2-7-5-6-3-4-6;1-2/h3-4,7,14,16H,1,5,8-13,15,20H2,2H3;6-7H,2-5H2,1H3;1-2H3/b14-7-,18-17-;;. The molecule has 0 bridgehead atoms. The topological polar surface area (TPSA) is 58.4 Å². The zero-order chi connectivity index (χ0) is 23.5. The lowest BCUT2D eigenvalue weighted by atomic mass is 9.88. The van der Waals surface area contributed by atoms with E-state index in [1.165, 1.54) is 25.8 Å². The molecule has 0 aromatic rings. The smallest absolute Gasteiger partial charge is 0.230 e. The maximum Gasteiger partial charge on any atom is 0.230 e. The SMILES string of the molecule is C#C/C(=C(N)\C=C/C=C)N(CCCC)C(=O)C1CCCCC1.CC.CCNCC1CC1. The number of rotatable bonds is 10. The van der Waals surface area contributed by atoms with Gasteiger partial charge in [-0.3, -0.25) is 4.79 Å². The van der Waals surface area contributed by atoms with Gasteiger partial charge >= 0.3 is 0 Å². The van der Waals surface area contributed by atoms with Crippen molar-refractivity contribution in [2.45, 2.75) is 85.5 Å². The van der Waals surface area contributed by atoms with Crippen LogP contribution in [0, 0.1) is 24.2 Å². The number of carbonyl (C=O) groups is 1. The first-order valence-electron chi connectivity index (χ1n) is 12.4. The van der Waals surface area contributed by atoms with Crippen LogP contribution in [0.15, 0.2) is 36.2 Å². The van der Waals surface area contributed by atoms with Gasteiger partial charge in [-0.15, -0.1) is 6.42 Å². The summed E-state index contributed by atoms with van der Waals surface area (Å²) >= 11 is 0. The van der Waals surface area contributed by atoms with Crippen molar-refractivity contribution in [3.63, 3.8) is 0 Å². The van der Waals surface area contributed by atoms with Gasteiger partial charge in [-0.2, -0.15) is 0 Å². The van der Waals surface area contributed by atoms with Crippen LogP contribution in [-0.2, 0) is 4.79 Å². The van der Waals surface area contributed by atoms with E-state index < -0.39 is 0 Å². The van der Waals surface area contributed by atoms with Crippen molar-refractivity contribution in [2.24, 2.45) is 17.6 Å². The van der Waals surface area contributed by atoms with Crippen molar-refractivity contribution >= 4 is 5.91 Å². The number of nitrogens with zero attached hydrogens (tertiary/aromatic N) is 1. The first kappa shape index (κ1) is 29.0. The lowest BCUT2D eigenvalue weighted by Crippen LogP contribution is -2.38. The van der Waals surface area contributed by atoms with Crippen LogP contribution in [0.3, 0.4) is 0 Å². The van der Waals surface area contributed by atoms with E-state index in [0.29, 0.717) is 17.9 Å². The number of amides is 1. The molecule has 0 aliphatic heterocycles. The minimum Gasteiger partial charge on any atom is -0.396 e. The largest absolute Gasteiger partial charge is 0.396 e. The van der Waals surface area contributed by atoms with Gasteiger partial charge in [0, 0.05) is 12.5 Å². The minimum absolute atomic E-state index is 0.0881. The van der Waals surface area contributed by atoms with Crippen LogP contribution in [0.25, 0.3) is 0 Å². The number of nitrogens with one attached hydrogen (secondary N) is 1. The number of hydrogen-bond donors (Lipinski definition) is 2. The van der Waals surface area contributed by atoms with Crippen LogP contribution >= 0.6 is 0 Å². The summed E-state index contributed by atoms with van der Waals surface area (Å²) in [4.78, 5) is 14.6. The predicted molar refractivity (Wildman–Crippen MR) is 135 cm³/mol. The van der Waals surface area contributed by atoms with Crippen molar-refractivity contribution in [1.29, 1.82) is 0 Å². The Labute approximate surface area is 192 Å². The third-order valence-electron chi connectivity index (χ3n) is 5.43. The van der Waals surface area contributed by atoms with Gasteiger partial charge in [0.1, 0.15) is 5.70 Å². The molecule has 4 heteroatoms. The van der Waals surface area contributed by atoms with Gasteiger partial charge in [0.15, 0.2) is 0 Å². The summed E-state index contributed by atoms with van der Waals surface area (Å²) in [7, 11) is 0. The number of terminal acetylenes is 1. The molecule has 0 spiro atoms. The molecule has 176 valence electrons. The molecule has 0 atom stereocenters. The summed E-state index contributed by atoms with van der Waals surface area (Å²) in [6.07, 6.45) is 21.0. The van der Waals surface area contributed by atoms with Gasteiger partial charge in [0.05, 0.1) is 5.70 Å². The van der Waals surface area contributed by atoms with Gasteiger partial charge in [-0.05, 0) is 63.1 Å². The summed E-state index contributed by atoms with van der Waals surface area (Å²) in [5, 5.41) is 3.31. The van der Waals surface area contributed by atoms with Crippen LogP contribution in [0.1, 0.15) is 85.5 Å². The van der Waals surface area contributed by atoms with Crippen molar-refractivity contribution in [3.8, 4) is 12.3 Å². The molecule has 2 saturated carbocycles. The molecule has 2 fully saturated rings. The fourth-order valence-electron chi connectivity index (χ4n) is 3.46. The summed E-state index contributed by atoms with van der Waals surface area (Å²) in [6, 6.07) is 0. The van der Waals surface area contributed by atoms with Gasteiger partial charge in [-0.1, -0.05) is 72.1 Å². The van der Waals surface area contributed by atoms with E-state index in [2.05, 4.69) is 31.7 Å². The fraction of sp³-hybridized carbons (Fsp3) is 0.667. The van der Waals surface area contributed by atoms with Crippen molar-refractivity contribution in [1.82, 2.24) is 10.2 Å². The normalized spacial score (nSPS) is 16.7. The summed E-state index contributed by atoms with van der Waals surface area (Å²) < 4.78 is 0. The summed E-state index contributed by atoms with van der Waals surface area (Å²) in [5.74, 6) is 3.88. The van der Waals surface area contributed by atoms with E-state index in [9.17, 15) is 4.79 Å². The highest BCUT2D eigenvalue weighted by Gasteiger charge is 2.28. The number of hydrogen-bond acceptors (Lipinski definition) is 3. The second kappa shape index (κ2) is 18.8. The number of unbranched alkanes of at least 4 members (excludes halogenated alkanes) is 1. The third kappa shape index (κ3) is 12.5. The molecule has 3 N–H and O–H groups in total. The molecule has 0 heterocycles. The second-order valence-electron chi connectivity index (χ2n) is 7.97. The lowest BCUT2D eigenvalue weighted by Gasteiger charge is -2.29. The molecule has 31 heavy (non-hydrogen) atoms. The maximum absolute atomic E-state index is 12.9. The maximum atomic E-state index is 12.9. The predicted octanol–water partition coefficient (Wildman–Crippen LogP) is 5.77. The highest BCUT2D eigenvalue weighted by molar-refractivity contribution is 5.81. The Hall–Kier alpha value is -1.99. The second-order valence-corrected chi connectivity index (χ2v) is 7.97. The Morgan fingerprint density at radius 3 is 2.32 bits per heavy atom. The zero-order valence-corrected chi connectivity index (χ0v) is 20.6.